The molecule has 24 heavy (non-hydrogen) atoms. The van der Waals surface area contributed by atoms with Gasteiger partial charge in [0.25, 0.3) is 5.91 Å². The molecule has 1 N–H and O–H groups in total. The summed E-state index contributed by atoms with van der Waals surface area (Å²) in [5, 5.41) is 2.92. The van der Waals surface area contributed by atoms with Crippen LogP contribution in [0.1, 0.15) is 48.5 Å². The van der Waals surface area contributed by atoms with Crippen molar-refractivity contribution >= 4 is 11.9 Å². The molecule has 128 valence electrons. The maximum Gasteiger partial charge on any atom is 0.374 e. The summed E-state index contributed by atoms with van der Waals surface area (Å²) in [6, 6.07) is 11.1. The molecule has 1 atom stereocenters. The summed E-state index contributed by atoms with van der Waals surface area (Å²) in [4.78, 5) is 23.8. The van der Waals surface area contributed by atoms with Crippen LogP contribution in [0.5, 0.6) is 0 Å². The number of carbonyl (C=O) groups is 2. The lowest BCUT2D eigenvalue weighted by Gasteiger charge is -2.23. The highest BCUT2D eigenvalue weighted by molar-refractivity contribution is 5.88. The number of aryl methyl sites for hydroxylation is 1. The third-order valence-corrected chi connectivity index (χ3v) is 3.79. The Morgan fingerprint density at radius 3 is 2.42 bits per heavy atom. The van der Waals surface area contributed by atoms with Gasteiger partial charge >= 0.3 is 5.97 Å². The van der Waals surface area contributed by atoms with Crippen molar-refractivity contribution in [1.82, 2.24) is 5.32 Å². The molecule has 1 aromatic heterocycles. The van der Waals surface area contributed by atoms with E-state index in [0.29, 0.717) is 0 Å². The Balaban J connectivity index is 1.94. The van der Waals surface area contributed by atoms with E-state index in [1.54, 1.807) is 6.07 Å². The summed E-state index contributed by atoms with van der Waals surface area (Å²) in [6.45, 7) is 5.83. The van der Waals surface area contributed by atoms with E-state index in [1.807, 2.05) is 26.0 Å². The fourth-order valence-electron chi connectivity index (χ4n) is 2.41. The molecule has 0 aliphatic heterocycles. The monoisotopic (exact) mass is 329 g/mol. The van der Waals surface area contributed by atoms with Crippen LogP contribution in [0, 0.1) is 5.92 Å². The van der Waals surface area contributed by atoms with Gasteiger partial charge in [0.1, 0.15) is 0 Å². The molecule has 0 aliphatic rings. The van der Waals surface area contributed by atoms with E-state index >= 15 is 0 Å². The van der Waals surface area contributed by atoms with Gasteiger partial charge in [-0.1, -0.05) is 45.0 Å². The van der Waals surface area contributed by atoms with Crippen molar-refractivity contribution in [1.29, 1.82) is 0 Å². The van der Waals surface area contributed by atoms with Gasteiger partial charge in [-0.3, -0.25) is 4.79 Å². The van der Waals surface area contributed by atoms with E-state index in [-0.39, 0.29) is 30.2 Å². The van der Waals surface area contributed by atoms with Crippen molar-refractivity contribution < 1.29 is 18.7 Å². The van der Waals surface area contributed by atoms with Crippen molar-refractivity contribution in [2.75, 3.05) is 6.61 Å². The quantitative estimate of drug-likeness (QED) is 0.789. The molecule has 2 aromatic rings. The van der Waals surface area contributed by atoms with E-state index in [1.165, 1.54) is 17.9 Å². The minimum absolute atomic E-state index is 0.0818. The van der Waals surface area contributed by atoms with E-state index in [4.69, 9.17) is 9.15 Å². The number of hydrogen-bond donors (Lipinski definition) is 1. The van der Waals surface area contributed by atoms with Gasteiger partial charge in [0.05, 0.1) is 12.3 Å². The average molecular weight is 329 g/mol. The number of ether oxygens (including phenoxy) is 1. The summed E-state index contributed by atoms with van der Waals surface area (Å²) in [7, 11) is 0. The summed E-state index contributed by atoms with van der Waals surface area (Å²) < 4.78 is 9.89. The molecule has 1 heterocycles. The number of nitrogens with one attached hydrogen (secondary N) is 1. The standard InChI is InChI=1S/C19H23NO4/c1-4-14-7-9-15(10-8-14)18(13(2)3)20-17(21)12-24-19(22)16-6-5-11-23-16/h5-11,13,18H,4,12H2,1-3H3,(H,20,21)/t18-/m1/s1. The number of esters is 1. The maximum absolute atomic E-state index is 12.1. The van der Waals surface area contributed by atoms with Crippen LogP contribution in [-0.4, -0.2) is 18.5 Å². The highest BCUT2D eigenvalue weighted by atomic mass is 16.5. The molecule has 0 saturated carbocycles. The Morgan fingerprint density at radius 1 is 1.17 bits per heavy atom. The Kier molecular flexibility index (Phi) is 6.18. The molecular weight excluding hydrogens is 306 g/mol. The second kappa shape index (κ2) is 8.34. The van der Waals surface area contributed by atoms with Gasteiger partial charge < -0.3 is 14.5 Å². The largest absolute Gasteiger partial charge is 0.457 e. The Hall–Kier alpha value is -2.56. The van der Waals surface area contributed by atoms with Crippen molar-refractivity contribution in [3.05, 3.63) is 59.5 Å². The predicted octanol–water partition coefficient (Wildman–Crippen LogP) is 3.51. The predicted molar refractivity (Wildman–Crippen MR) is 90.5 cm³/mol. The van der Waals surface area contributed by atoms with Crippen molar-refractivity contribution in [3.8, 4) is 0 Å². The fourth-order valence-corrected chi connectivity index (χ4v) is 2.41. The number of amides is 1. The number of benzene rings is 1. The number of rotatable bonds is 7. The van der Waals surface area contributed by atoms with Gasteiger partial charge in [0.2, 0.25) is 5.76 Å². The normalized spacial score (nSPS) is 12.0. The Morgan fingerprint density at radius 2 is 1.88 bits per heavy atom. The highest BCUT2D eigenvalue weighted by Gasteiger charge is 2.20. The summed E-state index contributed by atoms with van der Waals surface area (Å²) in [5.41, 5.74) is 2.29. The van der Waals surface area contributed by atoms with E-state index in [9.17, 15) is 9.59 Å². The van der Waals surface area contributed by atoms with E-state index < -0.39 is 5.97 Å². The molecular formula is C19H23NO4. The lowest BCUT2D eigenvalue weighted by atomic mass is 9.95. The highest BCUT2D eigenvalue weighted by Crippen LogP contribution is 2.22. The summed E-state index contributed by atoms with van der Waals surface area (Å²) >= 11 is 0. The Labute approximate surface area is 142 Å². The van der Waals surface area contributed by atoms with Crippen LogP contribution in [-0.2, 0) is 16.0 Å². The van der Waals surface area contributed by atoms with Crippen LogP contribution in [0.2, 0.25) is 0 Å². The SMILES string of the molecule is CCc1ccc([C@H](NC(=O)COC(=O)c2ccco2)C(C)C)cc1. The van der Waals surface area contributed by atoms with Gasteiger partial charge in [-0.15, -0.1) is 0 Å². The van der Waals surface area contributed by atoms with Gasteiger partial charge in [-0.2, -0.15) is 0 Å². The minimum Gasteiger partial charge on any atom is -0.457 e. The first-order chi connectivity index (χ1) is 11.5. The third-order valence-electron chi connectivity index (χ3n) is 3.79. The lowest BCUT2D eigenvalue weighted by molar-refractivity contribution is -0.125. The third kappa shape index (κ3) is 4.72. The van der Waals surface area contributed by atoms with Crippen molar-refractivity contribution in [2.45, 2.75) is 33.2 Å². The topological polar surface area (TPSA) is 68.5 Å². The molecule has 0 aliphatic carbocycles. The maximum atomic E-state index is 12.1. The zero-order valence-electron chi connectivity index (χ0n) is 14.2. The van der Waals surface area contributed by atoms with E-state index in [0.717, 1.165) is 12.0 Å². The molecule has 0 bridgehead atoms. The molecule has 0 fully saturated rings. The number of carbonyl (C=O) groups excluding carboxylic acids is 2. The lowest BCUT2D eigenvalue weighted by Crippen LogP contribution is -2.35. The molecule has 2 rings (SSSR count). The van der Waals surface area contributed by atoms with Gasteiger partial charge in [-0.05, 0) is 35.6 Å². The molecule has 0 saturated heterocycles. The Bertz CT molecular complexity index is 659. The van der Waals surface area contributed by atoms with Crippen LogP contribution >= 0.6 is 0 Å². The molecule has 0 spiro atoms. The molecule has 5 nitrogen and oxygen atoms in total. The minimum atomic E-state index is -0.649. The molecule has 0 radical (unpaired) electrons. The smallest absolute Gasteiger partial charge is 0.374 e. The van der Waals surface area contributed by atoms with Crippen LogP contribution < -0.4 is 5.32 Å². The molecule has 0 unspecified atom stereocenters. The zero-order valence-corrected chi connectivity index (χ0v) is 14.2. The van der Waals surface area contributed by atoms with Crippen LogP contribution in [0.4, 0.5) is 0 Å². The van der Waals surface area contributed by atoms with Crippen molar-refractivity contribution in [2.24, 2.45) is 5.92 Å². The fraction of sp³-hybridized carbons (Fsp3) is 0.368. The molecule has 5 heteroatoms. The first-order valence-corrected chi connectivity index (χ1v) is 8.10. The molecule has 1 aromatic carbocycles. The van der Waals surface area contributed by atoms with E-state index in [2.05, 4.69) is 24.4 Å². The summed E-state index contributed by atoms with van der Waals surface area (Å²) in [6.07, 6.45) is 2.35. The van der Waals surface area contributed by atoms with Gasteiger partial charge in [0.15, 0.2) is 6.61 Å². The molecule has 1 amide bonds. The van der Waals surface area contributed by atoms with Gasteiger partial charge in [0, 0.05) is 0 Å². The number of furan rings is 1. The second-order valence-electron chi connectivity index (χ2n) is 5.94. The second-order valence-corrected chi connectivity index (χ2v) is 5.94. The van der Waals surface area contributed by atoms with Crippen molar-refractivity contribution in [3.63, 3.8) is 0 Å². The average Bonchev–Trinajstić information content (AvgIpc) is 3.12. The number of hydrogen-bond acceptors (Lipinski definition) is 4. The first-order valence-electron chi connectivity index (χ1n) is 8.10. The van der Waals surface area contributed by atoms with Crippen LogP contribution in [0.25, 0.3) is 0 Å². The summed E-state index contributed by atoms with van der Waals surface area (Å²) in [5.74, 6) is -0.697. The van der Waals surface area contributed by atoms with Crippen LogP contribution in [0.15, 0.2) is 47.1 Å². The zero-order chi connectivity index (χ0) is 17.5. The van der Waals surface area contributed by atoms with Crippen LogP contribution in [0.3, 0.4) is 0 Å². The first kappa shape index (κ1) is 17.8. The van der Waals surface area contributed by atoms with Gasteiger partial charge in [-0.25, -0.2) is 4.79 Å².